The number of fused-ring (bicyclic) bond motifs is 1. The first-order chi connectivity index (χ1) is 14.0. The zero-order valence-electron chi connectivity index (χ0n) is 15.0. The summed E-state index contributed by atoms with van der Waals surface area (Å²) in [7, 11) is 0. The maximum atomic E-state index is 13.1. The van der Waals surface area contributed by atoms with Crippen molar-refractivity contribution in [2.75, 3.05) is 5.32 Å². The van der Waals surface area contributed by atoms with Crippen molar-refractivity contribution < 1.29 is 14.5 Å². The summed E-state index contributed by atoms with van der Waals surface area (Å²) in [5.74, 6) is -0.952. The summed E-state index contributed by atoms with van der Waals surface area (Å²) >= 11 is 0. The van der Waals surface area contributed by atoms with Crippen molar-refractivity contribution in [3.05, 3.63) is 99.9 Å². The van der Waals surface area contributed by atoms with E-state index in [4.69, 9.17) is 0 Å². The Balaban J connectivity index is 1.66. The van der Waals surface area contributed by atoms with Crippen LogP contribution in [-0.2, 0) is 0 Å². The Labute approximate surface area is 165 Å². The van der Waals surface area contributed by atoms with Crippen LogP contribution < -0.4 is 10.7 Å². The summed E-state index contributed by atoms with van der Waals surface area (Å²) < 4.78 is 0. The number of amides is 2. The smallest absolute Gasteiger partial charge is 0.276 e. The normalized spacial score (nSPS) is 15.2. The number of rotatable bonds is 4. The van der Waals surface area contributed by atoms with E-state index in [-0.39, 0.29) is 17.2 Å². The molecule has 144 valence electrons. The van der Waals surface area contributed by atoms with Crippen LogP contribution in [0, 0.1) is 10.1 Å². The Kier molecular flexibility index (Phi) is 4.62. The lowest BCUT2D eigenvalue weighted by molar-refractivity contribution is -0.384. The van der Waals surface area contributed by atoms with Crippen molar-refractivity contribution in [1.82, 2.24) is 15.4 Å². The number of benzene rings is 2. The van der Waals surface area contributed by atoms with E-state index in [2.05, 4.69) is 15.7 Å². The van der Waals surface area contributed by atoms with Crippen molar-refractivity contribution >= 4 is 23.2 Å². The lowest BCUT2D eigenvalue weighted by Crippen LogP contribution is -2.52. The lowest BCUT2D eigenvalue weighted by atomic mass is 10.1. The van der Waals surface area contributed by atoms with Crippen LogP contribution in [0.15, 0.2) is 73.1 Å². The van der Waals surface area contributed by atoms with Crippen molar-refractivity contribution in [2.45, 2.75) is 6.17 Å². The number of nitrogens with zero attached hydrogens (tertiary/aromatic N) is 3. The zero-order chi connectivity index (χ0) is 20.4. The summed E-state index contributed by atoms with van der Waals surface area (Å²) in [6.07, 6.45) is 2.54. The molecule has 3 aromatic rings. The van der Waals surface area contributed by atoms with E-state index >= 15 is 0 Å². The van der Waals surface area contributed by atoms with Gasteiger partial charge in [0, 0.05) is 41.3 Å². The van der Waals surface area contributed by atoms with Crippen LogP contribution in [0.2, 0.25) is 0 Å². The SMILES string of the molecule is O=C(NN1C(=O)c2ccccc2N[C@@H]1c1cccnc1)c1ccc([N+](=O)[O-])cc1. The first-order valence-electron chi connectivity index (χ1n) is 8.69. The minimum absolute atomic E-state index is 0.126. The molecule has 0 fully saturated rings. The van der Waals surface area contributed by atoms with Crippen molar-refractivity contribution in [1.29, 1.82) is 0 Å². The Hall–Kier alpha value is -4.27. The van der Waals surface area contributed by atoms with Gasteiger partial charge in [-0.25, -0.2) is 5.01 Å². The minimum atomic E-state index is -0.673. The molecule has 2 heterocycles. The van der Waals surface area contributed by atoms with Gasteiger partial charge in [0.1, 0.15) is 6.17 Å². The molecule has 0 spiro atoms. The number of non-ortho nitro benzene ring substituents is 1. The number of para-hydroxylation sites is 1. The van der Waals surface area contributed by atoms with Crippen LogP contribution in [0.5, 0.6) is 0 Å². The molecule has 2 aromatic carbocycles. The number of hydrogen-bond donors (Lipinski definition) is 2. The van der Waals surface area contributed by atoms with E-state index in [1.54, 1.807) is 42.7 Å². The quantitative estimate of drug-likeness (QED) is 0.523. The Morgan fingerprint density at radius 2 is 1.86 bits per heavy atom. The fraction of sp³-hybridized carbons (Fsp3) is 0.0500. The molecule has 1 atom stereocenters. The van der Waals surface area contributed by atoms with Crippen LogP contribution in [0.3, 0.4) is 0 Å². The average Bonchev–Trinajstić information content (AvgIpc) is 2.76. The largest absolute Gasteiger partial charge is 0.359 e. The lowest BCUT2D eigenvalue weighted by Gasteiger charge is -2.37. The number of carbonyl (C=O) groups excluding carboxylic acids is 2. The average molecular weight is 389 g/mol. The molecule has 2 amide bonds. The Bertz CT molecular complexity index is 1090. The van der Waals surface area contributed by atoms with Gasteiger partial charge in [0.05, 0.1) is 10.5 Å². The van der Waals surface area contributed by atoms with Crippen LogP contribution in [0.4, 0.5) is 11.4 Å². The fourth-order valence-electron chi connectivity index (χ4n) is 3.05. The summed E-state index contributed by atoms with van der Waals surface area (Å²) in [5.41, 5.74) is 4.41. The van der Waals surface area contributed by atoms with Crippen LogP contribution in [0.25, 0.3) is 0 Å². The van der Waals surface area contributed by atoms with Gasteiger partial charge in [-0.1, -0.05) is 18.2 Å². The molecule has 0 radical (unpaired) electrons. The molecule has 1 aromatic heterocycles. The predicted octanol–water partition coefficient (Wildman–Crippen LogP) is 2.90. The third-order valence-electron chi connectivity index (χ3n) is 4.49. The molecule has 1 aliphatic rings. The van der Waals surface area contributed by atoms with Gasteiger partial charge >= 0.3 is 0 Å². The molecule has 0 unspecified atom stereocenters. The molecule has 0 saturated heterocycles. The molecule has 0 aliphatic carbocycles. The molecular weight excluding hydrogens is 374 g/mol. The van der Waals surface area contributed by atoms with Crippen molar-refractivity contribution in [3.8, 4) is 0 Å². The second-order valence-corrected chi connectivity index (χ2v) is 6.30. The van der Waals surface area contributed by atoms with E-state index in [0.717, 1.165) is 0 Å². The van der Waals surface area contributed by atoms with Gasteiger partial charge in [0.15, 0.2) is 0 Å². The number of anilines is 1. The van der Waals surface area contributed by atoms with Crippen LogP contribution >= 0.6 is 0 Å². The highest BCUT2D eigenvalue weighted by Gasteiger charge is 2.34. The molecule has 1 aliphatic heterocycles. The van der Waals surface area contributed by atoms with E-state index in [0.29, 0.717) is 16.8 Å². The molecule has 9 nitrogen and oxygen atoms in total. The molecular formula is C20H15N5O4. The summed E-state index contributed by atoms with van der Waals surface area (Å²) in [5, 5.41) is 15.2. The van der Waals surface area contributed by atoms with E-state index in [1.807, 2.05) is 6.07 Å². The minimum Gasteiger partial charge on any atom is -0.359 e. The van der Waals surface area contributed by atoms with Crippen molar-refractivity contribution in [3.63, 3.8) is 0 Å². The Morgan fingerprint density at radius 1 is 1.10 bits per heavy atom. The molecule has 4 rings (SSSR count). The first-order valence-corrected chi connectivity index (χ1v) is 8.69. The number of hydrogen-bond acceptors (Lipinski definition) is 6. The number of nitro groups is 1. The van der Waals surface area contributed by atoms with E-state index in [1.165, 1.54) is 29.3 Å². The highest BCUT2D eigenvalue weighted by molar-refractivity contribution is 6.04. The van der Waals surface area contributed by atoms with E-state index in [9.17, 15) is 19.7 Å². The topological polar surface area (TPSA) is 117 Å². The molecule has 29 heavy (non-hydrogen) atoms. The maximum Gasteiger partial charge on any atom is 0.276 e. The van der Waals surface area contributed by atoms with Gasteiger partial charge in [-0.05, 0) is 30.3 Å². The highest BCUT2D eigenvalue weighted by atomic mass is 16.6. The number of nitro benzene ring substituents is 1. The Morgan fingerprint density at radius 3 is 2.55 bits per heavy atom. The maximum absolute atomic E-state index is 13.1. The van der Waals surface area contributed by atoms with Gasteiger partial charge in [0.25, 0.3) is 17.5 Å². The van der Waals surface area contributed by atoms with Crippen LogP contribution in [-0.4, -0.2) is 26.7 Å². The highest BCUT2D eigenvalue weighted by Crippen LogP contribution is 2.31. The number of aromatic nitrogens is 1. The third kappa shape index (κ3) is 3.48. The fourth-order valence-corrected chi connectivity index (χ4v) is 3.05. The third-order valence-corrected chi connectivity index (χ3v) is 4.49. The summed E-state index contributed by atoms with van der Waals surface area (Å²) in [6.45, 7) is 0. The summed E-state index contributed by atoms with van der Waals surface area (Å²) in [4.78, 5) is 40.1. The number of hydrazine groups is 1. The molecule has 2 N–H and O–H groups in total. The van der Waals surface area contributed by atoms with Gasteiger partial charge in [0.2, 0.25) is 0 Å². The van der Waals surface area contributed by atoms with Crippen molar-refractivity contribution in [2.24, 2.45) is 0 Å². The number of nitrogens with one attached hydrogen (secondary N) is 2. The number of pyridine rings is 1. The van der Waals surface area contributed by atoms with Crippen LogP contribution in [0.1, 0.15) is 32.4 Å². The van der Waals surface area contributed by atoms with Gasteiger partial charge in [-0.15, -0.1) is 0 Å². The number of carbonyl (C=O) groups is 2. The monoisotopic (exact) mass is 389 g/mol. The predicted molar refractivity (Wildman–Crippen MR) is 104 cm³/mol. The standard InChI is InChI=1S/C20H15N5O4/c26-19(13-7-9-15(10-8-13)25(28)29)23-24-18(14-4-3-11-21-12-14)22-17-6-2-1-5-16(17)20(24)27/h1-12,18,22H,(H,23,26)/t18-/m0/s1. The second-order valence-electron chi connectivity index (χ2n) is 6.30. The van der Waals surface area contributed by atoms with Gasteiger partial charge in [-0.3, -0.25) is 30.1 Å². The summed E-state index contributed by atoms with van der Waals surface area (Å²) in [6, 6.07) is 15.7. The first kappa shape index (κ1) is 18.1. The van der Waals surface area contributed by atoms with Gasteiger partial charge < -0.3 is 5.32 Å². The molecule has 9 heteroatoms. The zero-order valence-corrected chi connectivity index (χ0v) is 15.0. The molecule has 0 saturated carbocycles. The molecule has 0 bridgehead atoms. The second kappa shape index (κ2) is 7.39. The van der Waals surface area contributed by atoms with Gasteiger partial charge in [-0.2, -0.15) is 0 Å². The van der Waals surface area contributed by atoms with E-state index < -0.39 is 17.0 Å².